The van der Waals surface area contributed by atoms with Crippen molar-refractivity contribution in [2.75, 3.05) is 15.5 Å². The lowest BCUT2D eigenvalue weighted by molar-refractivity contribution is -0.125. The molecule has 2 saturated carbocycles. The fourth-order valence-electron chi connectivity index (χ4n) is 6.88. The lowest BCUT2D eigenvalue weighted by atomic mass is 10.0. The van der Waals surface area contributed by atoms with E-state index in [0.29, 0.717) is 45.4 Å². The molecule has 2 saturated heterocycles. The van der Waals surface area contributed by atoms with Gasteiger partial charge in [-0.3, -0.25) is 34.7 Å². The maximum atomic E-state index is 12.9. The van der Waals surface area contributed by atoms with Gasteiger partial charge in [0.2, 0.25) is 11.8 Å². The number of rotatable bonds is 10. The zero-order chi connectivity index (χ0) is 42.3. The first-order chi connectivity index (χ1) is 28.7. The molecule has 0 spiro atoms. The Balaban J connectivity index is 0.000000167. The monoisotopic (exact) mass is 833 g/mol. The van der Waals surface area contributed by atoms with Crippen LogP contribution < -0.4 is 26.2 Å². The van der Waals surface area contributed by atoms with Crippen LogP contribution in [0.15, 0.2) is 66.0 Å². The minimum atomic E-state index is -0.651. The maximum absolute atomic E-state index is 12.9. The second-order valence-electron chi connectivity index (χ2n) is 16.1. The fraction of sp³-hybridized carbons (Fsp3) is 0.357. The first kappa shape index (κ1) is 40.2. The number of carbonyl (C=O) groups excluding carboxylic acids is 5. The van der Waals surface area contributed by atoms with Crippen LogP contribution in [-0.4, -0.2) is 76.6 Å². The number of halogens is 1. The van der Waals surface area contributed by atoms with Crippen LogP contribution in [0, 0.1) is 0 Å². The topological polar surface area (TPSA) is 206 Å². The van der Waals surface area contributed by atoms with Gasteiger partial charge >= 0.3 is 6.09 Å². The lowest BCUT2D eigenvalue weighted by Crippen LogP contribution is -2.39. The number of nitrogens with zero attached hydrogens (tertiary/aromatic N) is 7. The van der Waals surface area contributed by atoms with Gasteiger partial charge in [-0.15, -0.1) is 0 Å². The summed E-state index contributed by atoms with van der Waals surface area (Å²) in [7, 11) is 0. The van der Waals surface area contributed by atoms with E-state index in [2.05, 4.69) is 55.5 Å². The van der Waals surface area contributed by atoms with Crippen LogP contribution in [0.3, 0.4) is 0 Å². The van der Waals surface area contributed by atoms with Gasteiger partial charge in [0, 0.05) is 46.5 Å². The third-order valence-corrected chi connectivity index (χ3v) is 10.2. The molecule has 18 heteroatoms. The second kappa shape index (κ2) is 16.2. The largest absolute Gasteiger partial charge is 0.443 e. The van der Waals surface area contributed by atoms with E-state index in [4.69, 9.17) is 21.3 Å². The highest BCUT2D eigenvalue weighted by Gasteiger charge is 2.38. The molecule has 6 heterocycles. The number of hydrogen-bond donors (Lipinski definition) is 4. The van der Waals surface area contributed by atoms with E-state index < -0.39 is 17.6 Å². The molecule has 60 heavy (non-hydrogen) atoms. The summed E-state index contributed by atoms with van der Waals surface area (Å²) in [5, 5.41) is 20.6. The predicted molar refractivity (Wildman–Crippen MR) is 224 cm³/mol. The smallest absolute Gasteiger partial charge is 0.416 e. The van der Waals surface area contributed by atoms with Gasteiger partial charge in [0.15, 0.2) is 11.3 Å². The van der Waals surface area contributed by atoms with Crippen LogP contribution in [0.25, 0.3) is 23.4 Å². The van der Waals surface area contributed by atoms with Crippen LogP contribution in [0.4, 0.5) is 22.2 Å². The standard InChI is InChI=1S/C23H24N6O2.C19H20ClN5O4/c1-2-18(14-6-4-3-5-7-14)26-19-12-20(25-17-8-9-17)29-22(27-19)16(13-24-29)10-15-11-21(30)28-23(15)31;1-19(2,3)29-18(28)24(12-4-5-12)15-8-13(20)22-16-11(9-21-25(15)16)6-10-7-14(26)23-17(10)27/h3-7,10,12-13,17-18,25H,2,8-9,11H2,1H3,(H,26,27)(H,28,30,31);6,8-9,12H,4-5,7H2,1-3H3,(H,23,26,27)/b15-10+;10-6+/t18-;/m0./s1. The lowest BCUT2D eigenvalue weighted by Gasteiger charge is -2.27. The number of amides is 5. The van der Waals surface area contributed by atoms with Crippen molar-refractivity contribution in [1.29, 1.82) is 0 Å². The summed E-state index contributed by atoms with van der Waals surface area (Å²) >= 11 is 6.24. The predicted octanol–water partition coefficient (Wildman–Crippen LogP) is 6.01. The van der Waals surface area contributed by atoms with E-state index in [1.807, 2.05) is 24.3 Å². The van der Waals surface area contributed by atoms with Crippen molar-refractivity contribution in [2.24, 2.45) is 0 Å². The Morgan fingerprint density at radius 3 is 2.03 bits per heavy atom. The highest BCUT2D eigenvalue weighted by atomic mass is 35.5. The zero-order valence-corrected chi connectivity index (χ0v) is 34.2. The molecule has 2 aliphatic carbocycles. The molecule has 9 rings (SSSR count). The Bertz CT molecular complexity index is 2600. The number of benzene rings is 1. The van der Waals surface area contributed by atoms with Crippen molar-refractivity contribution >= 4 is 82.2 Å². The van der Waals surface area contributed by atoms with E-state index in [-0.39, 0.29) is 47.8 Å². The van der Waals surface area contributed by atoms with E-state index in [1.165, 1.54) is 16.3 Å². The molecule has 1 aromatic carbocycles. The summed E-state index contributed by atoms with van der Waals surface area (Å²) < 4.78 is 8.82. The molecule has 5 aromatic rings. The summed E-state index contributed by atoms with van der Waals surface area (Å²) in [6.07, 6.45) is 10.9. The molecule has 0 unspecified atom stereocenters. The molecule has 1 atom stereocenters. The van der Waals surface area contributed by atoms with Crippen LogP contribution in [-0.2, 0) is 23.9 Å². The summed E-state index contributed by atoms with van der Waals surface area (Å²) in [6, 6.07) is 14.4. The summed E-state index contributed by atoms with van der Waals surface area (Å²) in [4.78, 5) is 70.4. The highest BCUT2D eigenvalue weighted by Crippen LogP contribution is 2.35. The normalized spacial score (nSPS) is 18.4. The average molecular weight is 834 g/mol. The minimum absolute atomic E-state index is 0.00393. The number of imide groups is 2. The van der Waals surface area contributed by atoms with Crippen molar-refractivity contribution in [3.05, 3.63) is 87.8 Å². The van der Waals surface area contributed by atoms with Gasteiger partial charge in [-0.25, -0.2) is 14.8 Å². The molecule has 5 amide bonds. The van der Waals surface area contributed by atoms with Crippen LogP contribution >= 0.6 is 11.6 Å². The first-order valence-electron chi connectivity index (χ1n) is 19.9. The Morgan fingerprint density at radius 2 is 1.50 bits per heavy atom. The molecule has 4 fully saturated rings. The summed E-state index contributed by atoms with van der Waals surface area (Å²) in [5.74, 6) is 0.596. The van der Waals surface area contributed by atoms with Gasteiger partial charge in [0.25, 0.3) is 11.8 Å². The minimum Gasteiger partial charge on any atom is -0.443 e. The molecule has 2 aliphatic heterocycles. The van der Waals surface area contributed by atoms with Crippen molar-refractivity contribution in [3.63, 3.8) is 0 Å². The number of fused-ring (bicyclic) bond motifs is 2. The zero-order valence-electron chi connectivity index (χ0n) is 33.5. The Kier molecular flexibility index (Phi) is 10.8. The number of aromatic nitrogens is 6. The average Bonchev–Trinajstić information content (AvgIpc) is 4.06. The molecule has 4 aliphatic rings. The molecule has 4 aromatic heterocycles. The molecule has 0 radical (unpaired) electrons. The molecular formula is C42H44ClN11O6. The Labute approximate surface area is 349 Å². The summed E-state index contributed by atoms with van der Waals surface area (Å²) in [6.45, 7) is 7.54. The molecule has 310 valence electrons. The van der Waals surface area contributed by atoms with E-state index in [9.17, 15) is 24.0 Å². The van der Waals surface area contributed by atoms with Crippen molar-refractivity contribution < 1.29 is 28.7 Å². The van der Waals surface area contributed by atoms with Crippen LogP contribution in [0.2, 0.25) is 5.15 Å². The second-order valence-corrected chi connectivity index (χ2v) is 16.5. The van der Waals surface area contributed by atoms with Gasteiger partial charge in [-0.05, 0) is 70.6 Å². The quantitative estimate of drug-likeness (QED) is 0.0725. The van der Waals surface area contributed by atoms with E-state index in [0.717, 1.165) is 43.7 Å². The molecule has 17 nitrogen and oxygen atoms in total. The van der Waals surface area contributed by atoms with Gasteiger partial charge in [-0.2, -0.15) is 19.2 Å². The number of carbonyl (C=O) groups is 5. The molecular weight excluding hydrogens is 790 g/mol. The highest BCUT2D eigenvalue weighted by molar-refractivity contribution is 6.30. The Morgan fingerprint density at radius 1 is 0.900 bits per heavy atom. The van der Waals surface area contributed by atoms with Gasteiger partial charge in [0.1, 0.15) is 28.2 Å². The van der Waals surface area contributed by atoms with Crippen LogP contribution in [0.5, 0.6) is 0 Å². The molecule has 4 N–H and O–H groups in total. The Hall–Kier alpha value is -6.62. The number of ether oxygens (including phenoxy) is 1. The maximum Gasteiger partial charge on any atom is 0.416 e. The first-order valence-corrected chi connectivity index (χ1v) is 20.2. The molecule has 0 bridgehead atoms. The number of nitrogens with one attached hydrogen (secondary N) is 4. The SMILES string of the molecule is CC(C)(C)OC(=O)N(c1cc(Cl)nc2c(/C=C3\CC(=O)NC3=O)cnn12)C1CC1.CC[C@H](Nc1cc(NC2CC2)n2ncc(/C=C3\CC(=O)NC3=O)c2n1)c1ccccc1. The van der Waals surface area contributed by atoms with E-state index in [1.54, 1.807) is 54.6 Å². The third-order valence-electron chi connectivity index (χ3n) is 10.0. The fourth-order valence-corrected chi connectivity index (χ4v) is 7.06. The van der Waals surface area contributed by atoms with Crippen LogP contribution in [0.1, 0.15) is 95.4 Å². The summed E-state index contributed by atoms with van der Waals surface area (Å²) in [5.41, 5.74) is 3.52. The van der Waals surface area contributed by atoms with Gasteiger partial charge in [0.05, 0.1) is 31.3 Å². The van der Waals surface area contributed by atoms with Crippen molar-refractivity contribution in [3.8, 4) is 0 Å². The van der Waals surface area contributed by atoms with Gasteiger partial charge < -0.3 is 15.4 Å². The third kappa shape index (κ3) is 9.00. The van der Waals surface area contributed by atoms with Crippen molar-refractivity contribution in [1.82, 2.24) is 39.8 Å². The number of hydrogen-bond acceptors (Lipinski definition) is 12. The van der Waals surface area contributed by atoms with E-state index >= 15 is 0 Å². The van der Waals surface area contributed by atoms with Gasteiger partial charge in [-0.1, -0.05) is 48.9 Å². The van der Waals surface area contributed by atoms with Crippen molar-refractivity contribution in [2.45, 2.75) is 96.4 Å². The number of anilines is 3.